The summed E-state index contributed by atoms with van der Waals surface area (Å²) >= 11 is 7.60. The molecule has 4 heteroatoms. The maximum absolute atomic E-state index is 4.60. The molecule has 2 nitrogen and oxygen atoms in total. The summed E-state index contributed by atoms with van der Waals surface area (Å²) in [5.41, 5.74) is 5.35. The molecule has 1 aromatic carbocycles. The molecule has 0 saturated carbocycles. The Bertz CT molecular complexity index is 633. The van der Waals surface area contributed by atoms with Crippen molar-refractivity contribution in [2.45, 2.75) is 38.1 Å². The van der Waals surface area contributed by atoms with Gasteiger partial charge in [-0.15, -0.1) is 0 Å². The molecule has 2 aromatic rings. The Hall–Kier alpha value is -0.610. The minimum Gasteiger partial charge on any atom is -0.268 e. The summed E-state index contributed by atoms with van der Waals surface area (Å²) in [7, 11) is 0. The maximum Gasteiger partial charge on any atom is 0.0738 e. The summed E-state index contributed by atoms with van der Waals surface area (Å²) in [5.74, 6) is 0.602. The number of benzene rings is 1. The largest absolute Gasteiger partial charge is 0.268 e. The second-order valence-corrected chi connectivity index (χ2v) is 7.21. The van der Waals surface area contributed by atoms with Crippen LogP contribution < -0.4 is 0 Å². The molecule has 1 heterocycles. The van der Waals surface area contributed by atoms with Gasteiger partial charge in [-0.25, -0.2) is 0 Å². The highest BCUT2D eigenvalue weighted by molar-refractivity contribution is 9.10. The summed E-state index contributed by atoms with van der Waals surface area (Å²) in [6.07, 6.45) is 2.20. The van der Waals surface area contributed by atoms with Gasteiger partial charge in [-0.05, 0) is 59.7 Å². The summed E-state index contributed by atoms with van der Waals surface area (Å²) < 4.78 is 3.30. The van der Waals surface area contributed by atoms with Crippen LogP contribution in [0.3, 0.4) is 0 Å². The van der Waals surface area contributed by atoms with Crippen molar-refractivity contribution in [3.8, 4) is 0 Å². The van der Waals surface area contributed by atoms with Crippen LogP contribution in [0.5, 0.6) is 0 Å². The van der Waals surface area contributed by atoms with Crippen LogP contribution in [-0.2, 0) is 19.4 Å². The number of aromatic nitrogens is 2. The molecular formula is C16H18Br2N2. The highest BCUT2D eigenvalue weighted by Gasteiger charge is 2.31. The predicted molar refractivity (Wildman–Crippen MR) is 89.3 cm³/mol. The number of nitrogens with zero attached hydrogens (tertiary/aromatic N) is 2. The zero-order chi connectivity index (χ0) is 14.3. The molecule has 0 aliphatic heterocycles. The molecule has 1 aromatic heterocycles. The van der Waals surface area contributed by atoms with Gasteiger partial charge in [0.1, 0.15) is 0 Å². The number of rotatable bonds is 3. The van der Waals surface area contributed by atoms with Crippen molar-refractivity contribution in [1.29, 1.82) is 0 Å². The van der Waals surface area contributed by atoms with Gasteiger partial charge in [-0.2, -0.15) is 5.10 Å². The van der Waals surface area contributed by atoms with Gasteiger partial charge < -0.3 is 0 Å². The van der Waals surface area contributed by atoms with E-state index in [1.165, 1.54) is 21.3 Å². The van der Waals surface area contributed by atoms with Crippen LogP contribution in [0.25, 0.3) is 0 Å². The number of aryl methyl sites for hydroxylation is 2. The summed E-state index contributed by atoms with van der Waals surface area (Å²) in [6, 6.07) is 8.76. The highest BCUT2D eigenvalue weighted by atomic mass is 79.9. The lowest BCUT2D eigenvalue weighted by Gasteiger charge is -2.15. The first-order chi connectivity index (χ1) is 9.61. The van der Waals surface area contributed by atoms with Crippen LogP contribution in [0, 0.1) is 12.8 Å². The lowest BCUT2D eigenvalue weighted by atomic mass is 9.99. The van der Waals surface area contributed by atoms with E-state index in [-0.39, 0.29) is 0 Å². The monoisotopic (exact) mass is 396 g/mol. The van der Waals surface area contributed by atoms with Crippen molar-refractivity contribution >= 4 is 31.9 Å². The van der Waals surface area contributed by atoms with E-state index < -0.39 is 0 Å². The van der Waals surface area contributed by atoms with E-state index in [0.717, 1.165) is 25.1 Å². The smallest absolute Gasteiger partial charge is 0.0738 e. The lowest BCUT2D eigenvalue weighted by molar-refractivity contribution is 0.512. The van der Waals surface area contributed by atoms with Crippen LogP contribution in [-0.4, -0.2) is 9.78 Å². The third kappa shape index (κ3) is 2.37. The van der Waals surface area contributed by atoms with Crippen LogP contribution in [0.4, 0.5) is 0 Å². The van der Waals surface area contributed by atoms with E-state index in [0.29, 0.717) is 10.7 Å². The first-order valence-corrected chi connectivity index (χ1v) is 8.76. The molecule has 2 unspecified atom stereocenters. The van der Waals surface area contributed by atoms with Gasteiger partial charge in [0, 0.05) is 11.4 Å². The molecule has 2 atom stereocenters. The SMILES string of the molecule is CCn1nc(C)c(Br)c1CC1Cc2ccccc2C1Br. The third-order valence-corrected chi connectivity index (χ3v) is 6.43. The number of hydrogen-bond donors (Lipinski definition) is 0. The van der Waals surface area contributed by atoms with Gasteiger partial charge in [-0.3, -0.25) is 4.68 Å². The van der Waals surface area contributed by atoms with Crippen LogP contribution >= 0.6 is 31.9 Å². The Labute approximate surface area is 136 Å². The van der Waals surface area contributed by atoms with Crippen molar-refractivity contribution < 1.29 is 0 Å². The van der Waals surface area contributed by atoms with Crippen molar-refractivity contribution in [3.63, 3.8) is 0 Å². The molecule has 0 bridgehead atoms. The van der Waals surface area contributed by atoms with Crippen molar-refractivity contribution in [3.05, 3.63) is 51.3 Å². The molecule has 20 heavy (non-hydrogen) atoms. The summed E-state index contributed by atoms with van der Waals surface area (Å²) in [5, 5.41) is 4.60. The molecular weight excluding hydrogens is 380 g/mol. The fourth-order valence-electron chi connectivity index (χ4n) is 3.12. The van der Waals surface area contributed by atoms with Crippen molar-refractivity contribution in [2.24, 2.45) is 5.92 Å². The summed E-state index contributed by atoms with van der Waals surface area (Å²) in [4.78, 5) is 0.450. The average molecular weight is 398 g/mol. The second-order valence-electron chi connectivity index (χ2n) is 5.43. The molecule has 106 valence electrons. The van der Waals surface area contributed by atoms with Gasteiger partial charge in [0.25, 0.3) is 0 Å². The Morgan fingerprint density at radius 1 is 1.35 bits per heavy atom. The van der Waals surface area contributed by atoms with Gasteiger partial charge in [-0.1, -0.05) is 40.2 Å². The minimum absolute atomic E-state index is 0.450. The van der Waals surface area contributed by atoms with Crippen LogP contribution in [0.1, 0.15) is 34.3 Å². The number of hydrogen-bond acceptors (Lipinski definition) is 1. The molecule has 0 fully saturated rings. The van der Waals surface area contributed by atoms with E-state index in [9.17, 15) is 0 Å². The Morgan fingerprint density at radius 2 is 2.10 bits per heavy atom. The maximum atomic E-state index is 4.60. The van der Waals surface area contributed by atoms with E-state index in [4.69, 9.17) is 0 Å². The van der Waals surface area contributed by atoms with Crippen molar-refractivity contribution in [2.75, 3.05) is 0 Å². The molecule has 3 rings (SSSR count). The molecule has 0 radical (unpaired) electrons. The van der Waals surface area contributed by atoms with Gasteiger partial charge in [0.2, 0.25) is 0 Å². The summed E-state index contributed by atoms with van der Waals surface area (Å²) in [6.45, 7) is 5.14. The van der Waals surface area contributed by atoms with Gasteiger partial charge >= 0.3 is 0 Å². The molecule has 1 aliphatic carbocycles. The first kappa shape index (κ1) is 14.3. The molecule has 1 aliphatic rings. The number of fused-ring (bicyclic) bond motifs is 1. The van der Waals surface area contributed by atoms with Gasteiger partial charge in [0.05, 0.1) is 15.9 Å². The Kier molecular flexibility index (Phi) is 4.04. The fourth-order valence-corrected chi connectivity index (χ4v) is 4.38. The molecule has 0 spiro atoms. The topological polar surface area (TPSA) is 17.8 Å². The predicted octanol–water partition coefficient (Wildman–Crippen LogP) is 4.82. The lowest BCUT2D eigenvalue weighted by Crippen LogP contribution is -2.12. The quantitative estimate of drug-likeness (QED) is 0.678. The van der Waals surface area contributed by atoms with Crippen LogP contribution in [0.15, 0.2) is 28.7 Å². The molecule has 0 N–H and O–H groups in total. The Morgan fingerprint density at radius 3 is 2.80 bits per heavy atom. The highest BCUT2D eigenvalue weighted by Crippen LogP contribution is 2.44. The Balaban J connectivity index is 1.87. The molecule has 0 amide bonds. The van der Waals surface area contributed by atoms with Crippen LogP contribution in [0.2, 0.25) is 0 Å². The van der Waals surface area contributed by atoms with Gasteiger partial charge in [0.15, 0.2) is 0 Å². The second kappa shape index (κ2) is 5.64. The fraction of sp³-hybridized carbons (Fsp3) is 0.438. The number of alkyl halides is 1. The normalized spacial score (nSPS) is 21.2. The first-order valence-electron chi connectivity index (χ1n) is 7.05. The zero-order valence-electron chi connectivity index (χ0n) is 11.7. The zero-order valence-corrected chi connectivity index (χ0v) is 14.9. The standard InChI is InChI=1S/C16H18Br2N2/c1-3-20-14(15(17)10(2)19-20)9-12-8-11-6-4-5-7-13(11)16(12)18/h4-7,12,16H,3,8-9H2,1-2H3. The number of halogens is 2. The molecule has 0 saturated heterocycles. The average Bonchev–Trinajstić information content (AvgIpc) is 2.92. The van der Waals surface area contributed by atoms with E-state index in [1.807, 2.05) is 0 Å². The van der Waals surface area contributed by atoms with E-state index in [2.05, 4.69) is 79.8 Å². The van der Waals surface area contributed by atoms with E-state index in [1.54, 1.807) is 0 Å². The van der Waals surface area contributed by atoms with E-state index >= 15 is 0 Å². The third-order valence-electron chi connectivity index (χ3n) is 4.16. The minimum atomic E-state index is 0.450. The van der Waals surface area contributed by atoms with Crippen molar-refractivity contribution in [1.82, 2.24) is 9.78 Å².